The summed E-state index contributed by atoms with van der Waals surface area (Å²) in [6.07, 6.45) is 8.57. The third kappa shape index (κ3) is 3.46. The van der Waals surface area contributed by atoms with Gasteiger partial charge < -0.3 is 5.32 Å². The molecule has 94 valence electrons. The molecule has 2 nitrogen and oxygen atoms in total. The summed E-state index contributed by atoms with van der Waals surface area (Å²) >= 11 is 0. The highest BCUT2D eigenvalue weighted by Crippen LogP contribution is 2.25. The van der Waals surface area contributed by atoms with E-state index in [4.69, 9.17) is 0 Å². The van der Waals surface area contributed by atoms with Crippen molar-refractivity contribution >= 4 is 0 Å². The van der Waals surface area contributed by atoms with E-state index in [1.807, 2.05) is 0 Å². The molecular formula is C14H28N2. The van der Waals surface area contributed by atoms with E-state index in [1.54, 1.807) is 0 Å². The van der Waals surface area contributed by atoms with E-state index in [2.05, 4.69) is 24.1 Å². The second-order valence-corrected chi connectivity index (χ2v) is 6.08. The van der Waals surface area contributed by atoms with Gasteiger partial charge in [0.25, 0.3) is 0 Å². The predicted molar refractivity (Wildman–Crippen MR) is 69.7 cm³/mol. The molecule has 2 heteroatoms. The molecule has 0 aromatic heterocycles. The minimum absolute atomic E-state index is 0.777. The molecule has 0 unspecified atom stereocenters. The Morgan fingerprint density at radius 1 is 1.12 bits per heavy atom. The van der Waals surface area contributed by atoms with Crippen LogP contribution in [0.3, 0.4) is 0 Å². The highest BCUT2D eigenvalue weighted by Gasteiger charge is 2.26. The lowest BCUT2D eigenvalue weighted by molar-refractivity contribution is 0.162. The van der Waals surface area contributed by atoms with E-state index in [0.717, 1.165) is 18.0 Å². The lowest BCUT2D eigenvalue weighted by Gasteiger charge is -2.32. The van der Waals surface area contributed by atoms with E-state index >= 15 is 0 Å². The van der Waals surface area contributed by atoms with Crippen molar-refractivity contribution < 1.29 is 0 Å². The zero-order valence-corrected chi connectivity index (χ0v) is 11.0. The molecular weight excluding hydrogens is 196 g/mol. The van der Waals surface area contributed by atoms with Crippen LogP contribution in [0.2, 0.25) is 0 Å². The van der Waals surface area contributed by atoms with Crippen molar-refractivity contribution in [3.8, 4) is 0 Å². The molecule has 1 aliphatic carbocycles. The first kappa shape index (κ1) is 12.4. The number of nitrogens with zero attached hydrogens (tertiary/aromatic N) is 1. The smallest absolute Gasteiger partial charge is 0.0195 e. The standard InChI is InChI=1S/C14H28N2/c1-12(2)10-16(14-7-3-4-8-14)11-13-6-5-9-15-13/h12-15H,3-11H2,1-2H3/t13-/m1/s1. The van der Waals surface area contributed by atoms with Crippen LogP contribution in [-0.4, -0.2) is 36.6 Å². The maximum Gasteiger partial charge on any atom is 0.0195 e. The van der Waals surface area contributed by atoms with Gasteiger partial charge in [-0.05, 0) is 38.1 Å². The molecule has 1 N–H and O–H groups in total. The van der Waals surface area contributed by atoms with Gasteiger partial charge in [-0.15, -0.1) is 0 Å². The van der Waals surface area contributed by atoms with Crippen molar-refractivity contribution in [3.05, 3.63) is 0 Å². The van der Waals surface area contributed by atoms with Crippen molar-refractivity contribution in [1.82, 2.24) is 10.2 Å². The van der Waals surface area contributed by atoms with Crippen molar-refractivity contribution in [2.24, 2.45) is 5.92 Å². The Hall–Kier alpha value is -0.0800. The topological polar surface area (TPSA) is 15.3 Å². The normalized spacial score (nSPS) is 27.4. The summed E-state index contributed by atoms with van der Waals surface area (Å²) in [5, 5.41) is 3.64. The molecule has 16 heavy (non-hydrogen) atoms. The number of nitrogens with one attached hydrogen (secondary N) is 1. The number of rotatable bonds is 5. The third-order valence-electron chi connectivity index (χ3n) is 4.06. The Balaban J connectivity index is 1.85. The second-order valence-electron chi connectivity index (χ2n) is 6.08. The molecule has 0 aromatic carbocycles. The van der Waals surface area contributed by atoms with Gasteiger partial charge in [-0.2, -0.15) is 0 Å². The van der Waals surface area contributed by atoms with E-state index in [0.29, 0.717) is 0 Å². The summed E-state index contributed by atoms with van der Waals surface area (Å²) in [5.74, 6) is 0.807. The number of hydrogen-bond acceptors (Lipinski definition) is 2. The Kier molecular flexibility index (Phi) is 4.66. The van der Waals surface area contributed by atoms with Crippen LogP contribution in [0.1, 0.15) is 52.4 Å². The molecule has 0 radical (unpaired) electrons. The highest BCUT2D eigenvalue weighted by molar-refractivity contribution is 4.84. The van der Waals surface area contributed by atoms with Crippen molar-refractivity contribution in [1.29, 1.82) is 0 Å². The van der Waals surface area contributed by atoms with Gasteiger partial charge in [-0.25, -0.2) is 0 Å². The van der Waals surface area contributed by atoms with Gasteiger partial charge in [-0.3, -0.25) is 4.90 Å². The van der Waals surface area contributed by atoms with Crippen LogP contribution in [-0.2, 0) is 0 Å². The van der Waals surface area contributed by atoms with Gasteiger partial charge in [0.1, 0.15) is 0 Å². The van der Waals surface area contributed by atoms with Crippen LogP contribution < -0.4 is 5.32 Å². The largest absolute Gasteiger partial charge is 0.313 e. The van der Waals surface area contributed by atoms with Gasteiger partial charge >= 0.3 is 0 Å². The Morgan fingerprint density at radius 3 is 2.44 bits per heavy atom. The SMILES string of the molecule is CC(C)CN(C[C@H]1CCCN1)C1CCCC1. The van der Waals surface area contributed by atoms with Crippen molar-refractivity contribution in [2.45, 2.75) is 64.5 Å². The molecule has 0 bridgehead atoms. The average Bonchev–Trinajstić information content (AvgIpc) is 2.88. The lowest BCUT2D eigenvalue weighted by atomic mass is 10.1. The number of hydrogen-bond donors (Lipinski definition) is 1. The minimum atomic E-state index is 0.777. The van der Waals surface area contributed by atoms with E-state index in [9.17, 15) is 0 Å². The van der Waals surface area contributed by atoms with Gasteiger partial charge in [0, 0.05) is 25.2 Å². The molecule has 1 aliphatic heterocycles. The second kappa shape index (κ2) is 6.02. The summed E-state index contributed by atoms with van der Waals surface area (Å²) in [5.41, 5.74) is 0. The molecule has 2 aliphatic rings. The Labute approximate surface area is 101 Å². The van der Waals surface area contributed by atoms with Crippen LogP contribution in [0.25, 0.3) is 0 Å². The van der Waals surface area contributed by atoms with Crippen LogP contribution in [0.4, 0.5) is 0 Å². The molecule has 0 spiro atoms. The first-order valence-electron chi connectivity index (χ1n) is 7.23. The third-order valence-corrected chi connectivity index (χ3v) is 4.06. The van der Waals surface area contributed by atoms with Gasteiger partial charge in [0.15, 0.2) is 0 Å². The molecule has 0 amide bonds. The average molecular weight is 224 g/mol. The van der Waals surface area contributed by atoms with Crippen LogP contribution in [0.15, 0.2) is 0 Å². The van der Waals surface area contributed by atoms with Crippen molar-refractivity contribution in [3.63, 3.8) is 0 Å². The molecule has 1 heterocycles. The van der Waals surface area contributed by atoms with Crippen LogP contribution in [0, 0.1) is 5.92 Å². The van der Waals surface area contributed by atoms with Crippen LogP contribution in [0.5, 0.6) is 0 Å². The molecule has 1 atom stereocenters. The monoisotopic (exact) mass is 224 g/mol. The fourth-order valence-electron chi connectivity index (χ4n) is 3.31. The summed E-state index contributed by atoms with van der Waals surface area (Å²) < 4.78 is 0. The Morgan fingerprint density at radius 2 is 1.88 bits per heavy atom. The molecule has 1 saturated carbocycles. The van der Waals surface area contributed by atoms with Gasteiger partial charge in [-0.1, -0.05) is 26.7 Å². The van der Waals surface area contributed by atoms with Gasteiger partial charge in [0.05, 0.1) is 0 Å². The molecule has 1 saturated heterocycles. The van der Waals surface area contributed by atoms with E-state index in [-0.39, 0.29) is 0 Å². The first-order valence-corrected chi connectivity index (χ1v) is 7.23. The maximum atomic E-state index is 3.64. The molecule has 0 aromatic rings. The summed E-state index contributed by atoms with van der Waals surface area (Å²) in [4.78, 5) is 2.78. The maximum absolute atomic E-state index is 3.64. The zero-order valence-electron chi connectivity index (χ0n) is 11.0. The van der Waals surface area contributed by atoms with Crippen molar-refractivity contribution in [2.75, 3.05) is 19.6 Å². The fourth-order valence-corrected chi connectivity index (χ4v) is 3.31. The first-order chi connectivity index (χ1) is 7.75. The van der Waals surface area contributed by atoms with E-state index < -0.39 is 0 Å². The van der Waals surface area contributed by atoms with Gasteiger partial charge in [0.2, 0.25) is 0 Å². The van der Waals surface area contributed by atoms with E-state index in [1.165, 1.54) is 58.2 Å². The lowest BCUT2D eigenvalue weighted by Crippen LogP contribution is -2.44. The zero-order chi connectivity index (χ0) is 11.4. The summed E-state index contributed by atoms with van der Waals surface area (Å²) in [6, 6.07) is 1.67. The molecule has 2 fully saturated rings. The highest BCUT2D eigenvalue weighted by atomic mass is 15.2. The predicted octanol–water partition coefficient (Wildman–Crippen LogP) is 2.64. The Bertz CT molecular complexity index is 191. The fraction of sp³-hybridized carbons (Fsp3) is 1.00. The van der Waals surface area contributed by atoms with Crippen LogP contribution >= 0.6 is 0 Å². The summed E-state index contributed by atoms with van der Waals surface area (Å²) in [7, 11) is 0. The molecule has 2 rings (SSSR count). The summed E-state index contributed by atoms with van der Waals surface area (Å²) in [6.45, 7) is 8.53. The minimum Gasteiger partial charge on any atom is -0.313 e. The quantitative estimate of drug-likeness (QED) is 0.772.